The number of nitrogens with zero attached hydrogens (tertiary/aromatic N) is 1. The number of carbonyl (C=O) groups is 1. The Labute approximate surface area is 353 Å². The van der Waals surface area contributed by atoms with Gasteiger partial charge in [0.15, 0.2) is 24.2 Å². The first-order chi connectivity index (χ1) is 28.1. The Bertz CT molecular complexity index is 1430. The Balaban J connectivity index is 1.06. The zero-order valence-corrected chi connectivity index (χ0v) is 36.0. The molecular weight excluding hydrogens is 781 g/mol. The fourth-order valence-electron chi connectivity index (χ4n) is 11.4. The summed E-state index contributed by atoms with van der Waals surface area (Å²) in [5.41, 5.74) is -0.753. The van der Waals surface area contributed by atoms with Crippen LogP contribution in [-0.2, 0) is 23.7 Å². The normalized spacial score (nSPS) is 44.9. The largest absolute Gasteiger partial charge is 0.479 e. The Morgan fingerprint density at radius 2 is 1.88 bits per heavy atom. The first-order valence-corrected chi connectivity index (χ1v) is 24.8. The van der Waals surface area contributed by atoms with Gasteiger partial charge in [0.2, 0.25) is 0 Å². The maximum absolute atomic E-state index is 12.7. The summed E-state index contributed by atoms with van der Waals surface area (Å²) < 4.78 is 25.3. The molecule has 4 heterocycles. The Kier molecular flexibility index (Phi) is 16.1. The summed E-state index contributed by atoms with van der Waals surface area (Å²) >= 11 is 0. The number of aliphatic imine (C=N–C) groups is 1. The van der Waals surface area contributed by atoms with Gasteiger partial charge >= 0.3 is 5.97 Å². The van der Waals surface area contributed by atoms with E-state index in [1.54, 1.807) is 10.8 Å². The van der Waals surface area contributed by atoms with Crippen molar-refractivity contribution in [3.8, 4) is 0 Å². The standard InChI is InChI=1S/C44H68N2O10S2/c1-3-27-8-4-5-9-28(27)10-6-7-26(2)34-21-46-24-44(52)41(54-25-58-57-23-36(34)30-17-18-45-20-30)39(49)40(42(50)51)56-43(44)55-32-15-16-33-37(19-32)53-22-35(38(33)48)29-11-13-31(47)14-12-29/h6,10,17-18,20,26-29,31-41,43,46-49,52H,3-5,7-9,11-16,19,21-25H2,1-2H3/p+1. The molecule has 15 unspecified atom stereocenters. The number of carboxylic acid groups (broad SMARTS) is 1. The van der Waals surface area contributed by atoms with Crippen LogP contribution in [-0.4, -0.2) is 124 Å². The minimum Gasteiger partial charge on any atom is -0.479 e. The molecule has 0 bridgehead atoms. The molecule has 6 N–H and O–H groups in total. The van der Waals surface area contributed by atoms with Crippen molar-refractivity contribution in [1.82, 2.24) is 5.32 Å². The van der Waals surface area contributed by atoms with Crippen molar-refractivity contribution >= 4 is 33.8 Å². The quantitative estimate of drug-likeness (QED) is 0.0920. The summed E-state index contributed by atoms with van der Waals surface area (Å²) in [6.07, 6.45) is 13.8. The average Bonchev–Trinajstić information content (AvgIpc) is 3.75. The van der Waals surface area contributed by atoms with Gasteiger partial charge in [-0.05, 0) is 87.4 Å². The van der Waals surface area contributed by atoms with Crippen LogP contribution in [0.2, 0.25) is 0 Å². The van der Waals surface area contributed by atoms with E-state index in [2.05, 4.69) is 42.4 Å². The van der Waals surface area contributed by atoms with Gasteiger partial charge in [0, 0.05) is 37.1 Å². The van der Waals surface area contributed by atoms with E-state index in [4.69, 9.17) is 18.9 Å². The molecule has 3 saturated heterocycles. The van der Waals surface area contributed by atoms with Crippen LogP contribution in [0.4, 0.5) is 0 Å². The van der Waals surface area contributed by atoms with Crippen molar-refractivity contribution in [2.75, 3.05) is 31.4 Å². The van der Waals surface area contributed by atoms with Gasteiger partial charge in [-0.1, -0.05) is 66.8 Å². The minimum atomic E-state index is -1.93. The number of aliphatic hydroxyl groups excluding tert-OH is 3. The monoisotopic (exact) mass is 849 g/mol. The molecule has 6 fully saturated rings. The molecule has 0 amide bonds. The Morgan fingerprint density at radius 3 is 2.64 bits per heavy atom. The van der Waals surface area contributed by atoms with Gasteiger partial charge in [-0.2, -0.15) is 0 Å². The van der Waals surface area contributed by atoms with Crippen LogP contribution >= 0.6 is 21.6 Å². The van der Waals surface area contributed by atoms with Crippen LogP contribution in [0.15, 0.2) is 28.8 Å². The lowest BCUT2D eigenvalue weighted by atomic mass is 9.69. The average molecular weight is 850 g/mol. The van der Waals surface area contributed by atoms with Gasteiger partial charge in [0.25, 0.3) is 0 Å². The second kappa shape index (κ2) is 20.8. The van der Waals surface area contributed by atoms with Crippen LogP contribution < -0.4 is 5.32 Å². The van der Waals surface area contributed by atoms with E-state index in [1.807, 2.05) is 12.8 Å². The second-order valence-electron chi connectivity index (χ2n) is 18.4. The number of β-amino-alcohol motifs (C(OH)–C–C–N with tert-alkyl or cyclic N) is 1. The third kappa shape index (κ3) is 10.4. The van der Waals surface area contributed by atoms with Crippen LogP contribution in [0.5, 0.6) is 0 Å². The predicted molar refractivity (Wildman–Crippen MR) is 226 cm³/mol. The van der Waals surface area contributed by atoms with Crippen LogP contribution in [0.25, 0.3) is 0 Å². The maximum atomic E-state index is 12.7. The number of aliphatic hydroxyl groups is 4. The maximum Gasteiger partial charge on any atom is 0.335 e. The molecule has 0 radical (unpaired) electrons. The first kappa shape index (κ1) is 44.9. The summed E-state index contributed by atoms with van der Waals surface area (Å²) in [5, 5.41) is 59.5. The fourth-order valence-corrected chi connectivity index (χ4v) is 13.4. The van der Waals surface area contributed by atoms with E-state index >= 15 is 0 Å². The lowest BCUT2D eigenvalue weighted by Crippen LogP contribution is -2.72. The second-order valence-corrected chi connectivity index (χ2v) is 20.9. The fraction of sp³-hybridized carbons (Fsp3) is 0.841. The molecule has 12 nitrogen and oxygen atoms in total. The molecular formula is C44H69N2O10S2+. The number of carboxylic acids is 1. The van der Waals surface area contributed by atoms with Crippen molar-refractivity contribution in [3.05, 3.63) is 30.3 Å². The number of aliphatic carboxylic acids is 1. The van der Waals surface area contributed by atoms with Crippen molar-refractivity contribution in [2.24, 2.45) is 52.3 Å². The van der Waals surface area contributed by atoms with Gasteiger partial charge in [0.05, 0.1) is 43.0 Å². The van der Waals surface area contributed by atoms with Gasteiger partial charge < -0.3 is 49.8 Å². The summed E-state index contributed by atoms with van der Waals surface area (Å²) in [6.45, 7) is 7.40. The molecule has 3 aliphatic carbocycles. The van der Waals surface area contributed by atoms with Crippen molar-refractivity contribution < 1.29 is 49.3 Å². The summed E-state index contributed by atoms with van der Waals surface area (Å²) in [4.78, 5) is 16.9. The van der Waals surface area contributed by atoms with Crippen molar-refractivity contribution in [2.45, 2.75) is 152 Å². The van der Waals surface area contributed by atoms with Gasteiger partial charge in [-0.25, -0.2) is 4.79 Å². The molecule has 14 heteroatoms. The number of hydrogen-bond donors (Lipinski definition) is 6. The van der Waals surface area contributed by atoms with Crippen molar-refractivity contribution in [3.63, 3.8) is 0 Å². The predicted octanol–water partition coefficient (Wildman–Crippen LogP) is 5.53. The molecule has 3 saturated carbocycles. The van der Waals surface area contributed by atoms with Crippen LogP contribution in [0.3, 0.4) is 0 Å². The number of rotatable bonds is 10. The Hall–Kier alpha value is -1.17. The van der Waals surface area contributed by atoms with Gasteiger partial charge in [0.1, 0.15) is 30.3 Å². The van der Waals surface area contributed by atoms with E-state index in [1.165, 1.54) is 48.5 Å². The zero-order chi connectivity index (χ0) is 40.8. The van der Waals surface area contributed by atoms with E-state index < -0.39 is 48.4 Å². The number of hydrogen-bond acceptors (Lipinski definition) is 13. The van der Waals surface area contributed by atoms with Crippen molar-refractivity contribution in [1.29, 1.82) is 0 Å². The summed E-state index contributed by atoms with van der Waals surface area (Å²) in [6, 6.07) is 0. The third-order valence-electron chi connectivity index (χ3n) is 14.9. The van der Waals surface area contributed by atoms with E-state index in [0.717, 1.165) is 43.8 Å². The third-order valence-corrected chi connectivity index (χ3v) is 17.0. The van der Waals surface area contributed by atoms with Gasteiger partial charge in [-0.3, -0.25) is 0 Å². The summed E-state index contributed by atoms with van der Waals surface area (Å²) in [7, 11) is 3.15. The smallest absolute Gasteiger partial charge is 0.335 e. The highest BCUT2D eigenvalue weighted by molar-refractivity contribution is 8.76. The minimum absolute atomic E-state index is 0.0329. The van der Waals surface area contributed by atoms with E-state index in [0.29, 0.717) is 50.2 Å². The highest BCUT2D eigenvalue weighted by Gasteiger charge is 2.59. The molecule has 7 rings (SSSR count). The topological polar surface area (TPSA) is 180 Å². The van der Waals surface area contributed by atoms with Gasteiger partial charge in [-0.15, -0.1) is 4.99 Å². The molecule has 326 valence electrons. The Morgan fingerprint density at radius 1 is 1.07 bits per heavy atom. The van der Waals surface area contributed by atoms with E-state index in [-0.39, 0.29) is 48.4 Å². The number of nitrogens with one attached hydrogen (secondary N) is 1. The highest BCUT2D eigenvalue weighted by atomic mass is 33.1. The number of fused-ring (bicyclic) bond motifs is 2. The lowest BCUT2D eigenvalue weighted by Gasteiger charge is -2.51. The molecule has 0 aromatic carbocycles. The molecule has 0 aromatic heterocycles. The van der Waals surface area contributed by atoms with Crippen LogP contribution in [0.1, 0.15) is 97.3 Å². The molecule has 58 heavy (non-hydrogen) atoms. The molecule has 0 aromatic rings. The molecule has 15 atom stereocenters. The highest BCUT2D eigenvalue weighted by Crippen LogP contribution is 2.45. The SMILES string of the molecule is CCC1CCCCC1C=CCC(C)C1CNCC2(O)C(OC3CCC4C(C3)OCC(C3CCC(O)CC3)C4O)OC(C(=O)O)C(O)C2OCSSCC1C1=C[CH+]N=C1. The van der Waals surface area contributed by atoms with Crippen LogP contribution in [0, 0.1) is 53.9 Å². The zero-order valence-electron chi connectivity index (χ0n) is 34.4. The lowest BCUT2D eigenvalue weighted by molar-refractivity contribution is -0.349. The summed E-state index contributed by atoms with van der Waals surface area (Å²) in [5.74, 6) is 1.91. The number of ether oxygens (including phenoxy) is 4. The molecule has 7 aliphatic rings. The first-order valence-electron chi connectivity index (χ1n) is 22.3. The van der Waals surface area contributed by atoms with E-state index in [9.17, 15) is 30.3 Å². The molecule has 0 spiro atoms. The molecule has 4 aliphatic heterocycles. The number of allylic oxidation sites excluding steroid dienone is 3.